The molecule has 1 aliphatic rings. The van der Waals surface area contributed by atoms with Gasteiger partial charge in [0.15, 0.2) is 11.6 Å². The third kappa shape index (κ3) is 5.00. The first-order valence-corrected chi connectivity index (χ1v) is 9.98. The molecule has 31 heavy (non-hydrogen) atoms. The van der Waals surface area contributed by atoms with Crippen molar-refractivity contribution in [1.29, 1.82) is 10.9 Å². The fourth-order valence-corrected chi connectivity index (χ4v) is 3.43. The number of fused-ring (bicyclic) bond motifs is 3. The lowest BCUT2D eigenvalue weighted by Crippen LogP contribution is -2.23. The molecule has 0 unspecified atom stereocenters. The SMILES string of the molecule is CCN/C1=C(\N=N)CN/C(=C\C(=N)Cl)c2ccc(F)cc2[C@@H](C)Oc2cc1cnc2N. The average Bonchev–Trinajstić information content (AvgIpc) is 2.73. The first kappa shape index (κ1) is 22.2. The molecule has 2 heterocycles. The van der Waals surface area contributed by atoms with E-state index in [9.17, 15) is 4.39 Å². The van der Waals surface area contributed by atoms with Gasteiger partial charge >= 0.3 is 0 Å². The lowest BCUT2D eigenvalue weighted by atomic mass is 9.99. The minimum absolute atomic E-state index is 0.146. The van der Waals surface area contributed by atoms with Gasteiger partial charge in [0.1, 0.15) is 22.8 Å². The number of ether oxygens (including phenoxy) is 1. The van der Waals surface area contributed by atoms with Crippen molar-refractivity contribution in [3.05, 3.63) is 64.7 Å². The molecule has 0 spiro atoms. The summed E-state index contributed by atoms with van der Waals surface area (Å²) in [4.78, 5) is 4.22. The molecule has 1 atom stereocenters. The van der Waals surface area contributed by atoms with E-state index in [0.717, 1.165) is 0 Å². The van der Waals surface area contributed by atoms with E-state index in [2.05, 4.69) is 20.7 Å². The number of nitrogens with one attached hydrogen (secondary N) is 4. The minimum Gasteiger partial charge on any atom is -0.482 e. The standard InChI is InChI=1S/C21H23ClFN7O/c1-3-27-20-12-6-18(21(25)29-9-12)31-11(2)15-7-13(23)4-5-14(15)16(8-19(22)24)28-10-17(20)30-26/h4-9,11,24,26-28H,3,10H2,1-2H3,(H2,25,29)/b16-8-,20-17-,24-19?,30-26?/t11-/m1/s1. The van der Waals surface area contributed by atoms with Crippen molar-refractivity contribution in [2.24, 2.45) is 5.11 Å². The number of benzene rings is 1. The second kappa shape index (κ2) is 9.57. The van der Waals surface area contributed by atoms with E-state index in [-0.39, 0.29) is 17.5 Å². The fraction of sp³-hybridized carbons (Fsp3) is 0.238. The third-order valence-corrected chi connectivity index (χ3v) is 4.82. The smallest absolute Gasteiger partial charge is 0.166 e. The van der Waals surface area contributed by atoms with Gasteiger partial charge in [-0.25, -0.2) is 14.9 Å². The van der Waals surface area contributed by atoms with Crippen molar-refractivity contribution in [2.75, 3.05) is 18.8 Å². The Morgan fingerprint density at radius 1 is 1.48 bits per heavy atom. The Bertz CT molecular complexity index is 1080. The number of hydrogen-bond acceptors (Lipinski definition) is 8. The molecule has 0 fully saturated rings. The number of allylic oxidation sites excluding steroid dienone is 1. The van der Waals surface area contributed by atoms with Gasteiger partial charge in [0.25, 0.3) is 0 Å². The maximum Gasteiger partial charge on any atom is 0.166 e. The van der Waals surface area contributed by atoms with Gasteiger partial charge in [-0.2, -0.15) is 5.11 Å². The van der Waals surface area contributed by atoms with Crippen LogP contribution >= 0.6 is 11.6 Å². The molecular formula is C21H23ClFN7O. The molecule has 8 nitrogen and oxygen atoms in total. The van der Waals surface area contributed by atoms with Crippen molar-refractivity contribution in [3.8, 4) is 5.75 Å². The van der Waals surface area contributed by atoms with Crippen LogP contribution < -0.4 is 21.1 Å². The third-order valence-electron chi connectivity index (χ3n) is 4.71. The van der Waals surface area contributed by atoms with Crippen molar-refractivity contribution < 1.29 is 9.13 Å². The van der Waals surface area contributed by atoms with Crippen LogP contribution in [0.3, 0.4) is 0 Å². The lowest BCUT2D eigenvalue weighted by Gasteiger charge is -2.23. The Kier molecular flexibility index (Phi) is 6.86. The minimum atomic E-state index is -0.592. The summed E-state index contributed by atoms with van der Waals surface area (Å²) in [6, 6.07) is 5.98. The Hall–Kier alpha value is -3.46. The Balaban J connectivity index is 2.27. The summed E-state index contributed by atoms with van der Waals surface area (Å²) in [7, 11) is 0. The zero-order valence-corrected chi connectivity index (χ0v) is 17.8. The number of nitrogens with two attached hydrogens (primary N) is 1. The van der Waals surface area contributed by atoms with Gasteiger partial charge in [0.05, 0.1) is 12.2 Å². The van der Waals surface area contributed by atoms with Gasteiger partial charge in [-0.1, -0.05) is 11.6 Å². The maximum atomic E-state index is 14.1. The van der Waals surface area contributed by atoms with E-state index in [1.807, 2.05) is 6.92 Å². The highest BCUT2D eigenvalue weighted by Crippen LogP contribution is 2.33. The van der Waals surface area contributed by atoms with Crippen LogP contribution in [0.4, 0.5) is 10.2 Å². The zero-order chi connectivity index (χ0) is 22.5. The van der Waals surface area contributed by atoms with E-state index in [1.54, 1.807) is 25.3 Å². The van der Waals surface area contributed by atoms with Crippen molar-refractivity contribution >= 4 is 34.0 Å². The number of nitrogens with zero attached hydrogens (tertiary/aromatic N) is 2. The van der Waals surface area contributed by atoms with Gasteiger partial charge in [-0.05, 0) is 44.2 Å². The zero-order valence-electron chi connectivity index (χ0n) is 17.1. The Morgan fingerprint density at radius 2 is 2.26 bits per heavy atom. The number of rotatable bonds is 4. The number of pyridine rings is 1. The average molecular weight is 444 g/mol. The van der Waals surface area contributed by atoms with Crippen molar-refractivity contribution in [3.63, 3.8) is 0 Å². The summed E-state index contributed by atoms with van der Waals surface area (Å²) in [6.45, 7) is 4.43. The van der Waals surface area contributed by atoms with E-state index in [0.29, 0.717) is 46.1 Å². The second-order valence-electron chi connectivity index (χ2n) is 6.82. The van der Waals surface area contributed by atoms with Crippen molar-refractivity contribution in [1.82, 2.24) is 15.6 Å². The molecule has 162 valence electrons. The summed E-state index contributed by atoms with van der Waals surface area (Å²) in [5.41, 5.74) is 16.9. The molecule has 0 saturated carbocycles. The maximum absolute atomic E-state index is 14.1. The number of hydrogen-bond donors (Lipinski definition) is 5. The predicted octanol–water partition coefficient (Wildman–Crippen LogP) is 4.41. The van der Waals surface area contributed by atoms with Crippen LogP contribution in [-0.2, 0) is 0 Å². The highest BCUT2D eigenvalue weighted by Gasteiger charge is 2.21. The van der Waals surface area contributed by atoms with Gasteiger partial charge in [0, 0.05) is 35.1 Å². The van der Waals surface area contributed by atoms with E-state index in [1.165, 1.54) is 18.2 Å². The molecule has 0 aliphatic carbocycles. The van der Waals surface area contributed by atoms with E-state index >= 15 is 0 Å². The van der Waals surface area contributed by atoms with Crippen LogP contribution in [0.25, 0.3) is 11.4 Å². The van der Waals surface area contributed by atoms with Crippen LogP contribution in [0.2, 0.25) is 0 Å². The molecule has 1 aliphatic heterocycles. The topological polar surface area (TPSA) is 132 Å². The van der Waals surface area contributed by atoms with E-state index in [4.69, 9.17) is 33.0 Å². The van der Waals surface area contributed by atoms with Crippen molar-refractivity contribution in [2.45, 2.75) is 20.0 Å². The lowest BCUT2D eigenvalue weighted by molar-refractivity contribution is 0.226. The molecule has 1 aromatic heterocycles. The highest BCUT2D eigenvalue weighted by molar-refractivity contribution is 6.68. The van der Waals surface area contributed by atoms with Crippen LogP contribution in [0, 0.1) is 16.8 Å². The molecule has 6 N–H and O–H groups in total. The molecule has 0 radical (unpaired) electrons. The molecule has 2 bridgehead atoms. The van der Waals surface area contributed by atoms with Gasteiger partial charge in [-0.15, -0.1) is 0 Å². The normalized spacial score (nSPS) is 19.9. The second-order valence-corrected chi connectivity index (χ2v) is 7.23. The van der Waals surface area contributed by atoms with Gasteiger partial charge in [0.2, 0.25) is 0 Å². The quantitative estimate of drug-likeness (QED) is 0.352. The Morgan fingerprint density at radius 3 is 2.94 bits per heavy atom. The molecule has 0 amide bonds. The number of aromatic nitrogens is 1. The highest BCUT2D eigenvalue weighted by atomic mass is 35.5. The Labute approximate surface area is 184 Å². The molecular weight excluding hydrogens is 421 g/mol. The summed E-state index contributed by atoms with van der Waals surface area (Å²) >= 11 is 5.84. The number of anilines is 1. The van der Waals surface area contributed by atoms with E-state index < -0.39 is 11.9 Å². The number of halogens is 2. The monoisotopic (exact) mass is 443 g/mol. The van der Waals surface area contributed by atoms with Gasteiger partial charge < -0.3 is 21.1 Å². The fourth-order valence-electron chi connectivity index (χ4n) is 3.32. The summed E-state index contributed by atoms with van der Waals surface area (Å²) in [6.07, 6.45) is 2.40. The first-order chi connectivity index (χ1) is 14.8. The molecule has 10 heteroatoms. The largest absolute Gasteiger partial charge is 0.482 e. The molecule has 2 aromatic rings. The molecule has 0 saturated heterocycles. The summed E-state index contributed by atoms with van der Waals surface area (Å²) in [5.74, 6) is 0.0731. The van der Waals surface area contributed by atoms with Crippen LogP contribution in [-0.4, -0.2) is 23.2 Å². The summed E-state index contributed by atoms with van der Waals surface area (Å²) < 4.78 is 20.2. The molecule has 3 rings (SSSR count). The van der Waals surface area contributed by atoms with Gasteiger partial charge in [-0.3, -0.25) is 5.41 Å². The van der Waals surface area contributed by atoms with Crippen LogP contribution in [0.5, 0.6) is 5.75 Å². The predicted molar refractivity (Wildman–Crippen MR) is 119 cm³/mol. The molecule has 1 aromatic carbocycles. The van der Waals surface area contributed by atoms with Crippen LogP contribution in [0.1, 0.15) is 36.6 Å². The first-order valence-electron chi connectivity index (χ1n) is 9.60. The summed E-state index contributed by atoms with van der Waals surface area (Å²) in [5, 5.41) is 17.6. The number of nitrogen functional groups attached to an aromatic ring is 1. The van der Waals surface area contributed by atoms with Crippen LogP contribution in [0.15, 0.2) is 47.3 Å².